The van der Waals surface area contributed by atoms with E-state index in [0.717, 1.165) is 37.7 Å². The number of ether oxygens (including phenoxy) is 1. The molecule has 1 aromatic carbocycles. The number of hydrogen-bond acceptors (Lipinski definition) is 4. The summed E-state index contributed by atoms with van der Waals surface area (Å²) in [7, 11) is 1.73. The van der Waals surface area contributed by atoms with Gasteiger partial charge in [-0.2, -0.15) is 0 Å². The van der Waals surface area contributed by atoms with Gasteiger partial charge in [-0.05, 0) is 62.9 Å². The van der Waals surface area contributed by atoms with Crippen LogP contribution in [-0.4, -0.2) is 59.6 Å². The van der Waals surface area contributed by atoms with E-state index in [1.54, 1.807) is 13.4 Å². The van der Waals surface area contributed by atoms with Crippen molar-refractivity contribution < 1.29 is 4.74 Å². The molecule has 1 aliphatic heterocycles. The first-order chi connectivity index (χ1) is 13.2. The summed E-state index contributed by atoms with van der Waals surface area (Å²) in [5, 5.41) is 0. The Morgan fingerprint density at radius 3 is 3.00 bits per heavy atom. The van der Waals surface area contributed by atoms with Crippen molar-refractivity contribution in [2.75, 3.05) is 39.8 Å². The molecular weight excluding hydrogens is 336 g/mol. The highest BCUT2D eigenvalue weighted by Gasteiger charge is 2.22. The lowest BCUT2D eigenvalue weighted by atomic mass is 9.96. The van der Waals surface area contributed by atoms with Gasteiger partial charge in [0.05, 0.1) is 19.1 Å². The van der Waals surface area contributed by atoms with Crippen LogP contribution in [0.4, 0.5) is 0 Å². The fourth-order valence-electron chi connectivity index (χ4n) is 4.05. The minimum atomic E-state index is 0.753. The molecule has 5 heteroatoms. The molecule has 148 valence electrons. The van der Waals surface area contributed by atoms with Gasteiger partial charge in [-0.25, -0.2) is 4.98 Å². The molecule has 5 nitrogen and oxygen atoms in total. The van der Waals surface area contributed by atoms with Crippen molar-refractivity contribution >= 4 is 0 Å². The zero-order chi connectivity index (χ0) is 19.1. The molecule has 2 heterocycles. The van der Waals surface area contributed by atoms with Crippen LogP contribution >= 0.6 is 0 Å². The second-order valence-corrected chi connectivity index (χ2v) is 7.71. The van der Waals surface area contributed by atoms with E-state index in [9.17, 15) is 0 Å². The minimum absolute atomic E-state index is 0.753. The van der Waals surface area contributed by atoms with Gasteiger partial charge in [0.1, 0.15) is 5.75 Å². The van der Waals surface area contributed by atoms with Crippen molar-refractivity contribution in [3.63, 3.8) is 0 Å². The monoisotopic (exact) mass is 370 g/mol. The van der Waals surface area contributed by atoms with E-state index in [-0.39, 0.29) is 0 Å². The van der Waals surface area contributed by atoms with Crippen LogP contribution in [0.1, 0.15) is 36.7 Å². The standard InChI is InChI=1S/C22H34N4O/c1-4-25(16-22-18(2)23-17-24-22)14-20-8-6-11-26(15-20)12-10-19-7-5-9-21(13-19)27-3/h5,7,9,13,17,20H,4,6,8,10-12,14-16H2,1-3H3,(H,23,24)/t20-/m1/s1. The Bertz CT molecular complexity index is 699. The summed E-state index contributed by atoms with van der Waals surface area (Å²) in [4.78, 5) is 12.8. The zero-order valence-corrected chi connectivity index (χ0v) is 17.1. The number of aromatic nitrogens is 2. The van der Waals surface area contributed by atoms with Crippen molar-refractivity contribution in [1.82, 2.24) is 19.8 Å². The molecular formula is C22H34N4O. The lowest BCUT2D eigenvalue weighted by Gasteiger charge is -2.35. The number of H-pyrrole nitrogens is 1. The number of methoxy groups -OCH3 is 1. The molecule has 1 fully saturated rings. The third kappa shape index (κ3) is 5.81. The SMILES string of the molecule is CCN(Cc1nc[nH]c1C)C[C@H]1CCCN(CCc2cccc(OC)c2)C1. The quantitative estimate of drug-likeness (QED) is 0.734. The van der Waals surface area contributed by atoms with E-state index < -0.39 is 0 Å². The molecule has 3 rings (SSSR count). The van der Waals surface area contributed by atoms with Crippen LogP contribution in [-0.2, 0) is 13.0 Å². The maximum atomic E-state index is 5.34. The van der Waals surface area contributed by atoms with Gasteiger partial charge in [0, 0.05) is 31.9 Å². The lowest BCUT2D eigenvalue weighted by molar-refractivity contribution is 0.132. The van der Waals surface area contributed by atoms with Crippen molar-refractivity contribution in [3.05, 3.63) is 47.5 Å². The third-order valence-corrected chi connectivity index (χ3v) is 5.73. The van der Waals surface area contributed by atoms with Crippen LogP contribution in [0, 0.1) is 12.8 Å². The van der Waals surface area contributed by atoms with Gasteiger partial charge in [-0.1, -0.05) is 19.1 Å². The molecule has 27 heavy (non-hydrogen) atoms. The van der Waals surface area contributed by atoms with Gasteiger partial charge in [0.25, 0.3) is 0 Å². The molecule has 0 unspecified atom stereocenters. The summed E-state index contributed by atoms with van der Waals surface area (Å²) < 4.78 is 5.34. The van der Waals surface area contributed by atoms with Crippen LogP contribution in [0.3, 0.4) is 0 Å². The number of nitrogens with one attached hydrogen (secondary N) is 1. The number of piperidine rings is 1. The average molecular weight is 371 g/mol. The molecule has 1 atom stereocenters. The highest BCUT2D eigenvalue weighted by Crippen LogP contribution is 2.20. The molecule has 0 aliphatic carbocycles. The number of likely N-dealkylation sites (tertiary alicyclic amines) is 1. The molecule has 0 bridgehead atoms. The van der Waals surface area contributed by atoms with E-state index in [1.807, 2.05) is 6.07 Å². The fourth-order valence-corrected chi connectivity index (χ4v) is 4.05. The first-order valence-electron chi connectivity index (χ1n) is 10.2. The van der Waals surface area contributed by atoms with Crippen LogP contribution in [0.2, 0.25) is 0 Å². The maximum absolute atomic E-state index is 5.34. The van der Waals surface area contributed by atoms with Crippen molar-refractivity contribution in [1.29, 1.82) is 0 Å². The molecule has 0 saturated carbocycles. The number of aromatic amines is 1. The second kappa shape index (κ2) is 9.90. The van der Waals surface area contributed by atoms with E-state index >= 15 is 0 Å². The van der Waals surface area contributed by atoms with E-state index in [2.05, 4.69) is 51.8 Å². The number of hydrogen-bond donors (Lipinski definition) is 1. The molecule has 2 aromatic rings. The van der Waals surface area contributed by atoms with Crippen LogP contribution < -0.4 is 4.74 Å². The lowest BCUT2D eigenvalue weighted by Crippen LogP contribution is -2.41. The van der Waals surface area contributed by atoms with Gasteiger partial charge in [0.15, 0.2) is 0 Å². The summed E-state index contributed by atoms with van der Waals surface area (Å²) >= 11 is 0. The molecule has 0 radical (unpaired) electrons. The van der Waals surface area contributed by atoms with Gasteiger partial charge in [-0.15, -0.1) is 0 Å². The van der Waals surface area contributed by atoms with E-state index in [1.165, 1.54) is 49.4 Å². The van der Waals surface area contributed by atoms with E-state index in [0.29, 0.717) is 0 Å². The number of nitrogens with zero attached hydrogens (tertiary/aromatic N) is 3. The van der Waals surface area contributed by atoms with Crippen molar-refractivity contribution in [2.45, 2.75) is 39.7 Å². The fraction of sp³-hybridized carbons (Fsp3) is 0.591. The Morgan fingerprint density at radius 1 is 1.37 bits per heavy atom. The largest absolute Gasteiger partial charge is 0.497 e. The normalized spacial score (nSPS) is 18.1. The van der Waals surface area contributed by atoms with Gasteiger partial charge >= 0.3 is 0 Å². The average Bonchev–Trinajstić information content (AvgIpc) is 3.11. The Balaban J connectivity index is 1.48. The Hall–Kier alpha value is -1.85. The second-order valence-electron chi connectivity index (χ2n) is 7.71. The zero-order valence-electron chi connectivity index (χ0n) is 17.1. The summed E-state index contributed by atoms with van der Waals surface area (Å²) in [6.07, 6.45) is 5.54. The number of aryl methyl sites for hydroxylation is 1. The topological polar surface area (TPSA) is 44.4 Å². The molecule has 1 saturated heterocycles. The van der Waals surface area contributed by atoms with E-state index in [4.69, 9.17) is 4.74 Å². The molecule has 1 aliphatic rings. The Morgan fingerprint density at radius 2 is 2.26 bits per heavy atom. The van der Waals surface area contributed by atoms with Gasteiger partial charge < -0.3 is 14.6 Å². The first kappa shape index (κ1) is 19.9. The first-order valence-corrected chi connectivity index (χ1v) is 10.2. The summed E-state index contributed by atoms with van der Waals surface area (Å²) in [5.41, 5.74) is 3.74. The Kier molecular flexibility index (Phi) is 7.30. The molecule has 1 aromatic heterocycles. The van der Waals surface area contributed by atoms with Crippen LogP contribution in [0.15, 0.2) is 30.6 Å². The van der Waals surface area contributed by atoms with Crippen molar-refractivity contribution in [2.24, 2.45) is 5.92 Å². The van der Waals surface area contributed by atoms with Gasteiger partial charge in [-0.3, -0.25) is 4.90 Å². The molecule has 0 spiro atoms. The predicted octanol–water partition coefficient (Wildman–Crippen LogP) is 3.50. The third-order valence-electron chi connectivity index (χ3n) is 5.73. The molecule has 0 amide bonds. The summed E-state index contributed by atoms with van der Waals surface area (Å²) in [6, 6.07) is 8.46. The predicted molar refractivity (Wildman–Crippen MR) is 110 cm³/mol. The Labute approximate surface area is 163 Å². The van der Waals surface area contributed by atoms with Crippen molar-refractivity contribution in [3.8, 4) is 5.75 Å². The summed E-state index contributed by atoms with van der Waals surface area (Å²) in [5.74, 6) is 1.71. The van der Waals surface area contributed by atoms with Gasteiger partial charge in [0.2, 0.25) is 0 Å². The maximum Gasteiger partial charge on any atom is 0.119 e. The number of rotatable bonds is 9. The number of imidazole rings is 1. The number of benzene rings is 1. The van der Waals surface area contributed by atoms with Crippen LogP contribution in [0.5, 0.6) is 5.75 Å². The highest BCUT2D eigenvalue weighted by atomic mass is 16.5. The van der Waals surface area contributed by atoms with Crippen LogP contribution in [0.25, 0.3) is 0 Å². The summed E-state index contributed by atoms with van der Waals surface area (Å²) in [6.45, 7) is 11.1. The minimum Gasteiger partial charge on any atom is -0.497 e. The molecule has 1 N–H and O–H groups in total. The smallest absolute Gasteiger partial charge is 0.119 e. The highest BCUT2D eigenvalue weighted by molar-refractivity contribution is 5.28.